The first-order chi connectivity index (χ1) is 21.6. The average molecular weight is 659 g/mol. The third-order valence-corrected chi connectivity index (χ3v) is 7.15. The standard InChI is InChI=1S/C16H28N2O4.C13H22N4O7/c1-5-12(6-2)22-14-9-11(16(20)21-7-3)8-13(17)15(14)18-10(4)19;1-5(19)16-9-6(17-13(14)15)3-8(12(21)22)24-11(9)10(23-2)7(20)4-18/h9,12-15H,5-8,17H2,1-4H3,(H,18,19);3,6-7,9-11,18,20H,4H2,1-2H3,(H,16,19)(H,21,22)(H4,14,15,17)/t13-,14+,15+;/m0./s1. The van der Waals surface area contributed by atoms with E-state index >= 15 is 0 Å². The van der Waals surface area contributed by atoms with Gasteiger partial charge in [-0.3, -0.25) is 9.59 Å². The molecule has 1 aliphatic heterocycles. The van der Waals surface area contributed by atoms with Gasteiger partial charge in [0.15, 0.2) is 12.1 Å². The van der Waals surface area contributed by atoms with Crippen LogP contribution >= 0.6 is 0 Å². The number of esters is 1. The molecule has 11 N–H and O–H groups in total. The molecule has 2 aliphatic rings. The highest BCUT2D eigenvalue weighted by atomic mass is 16.6. The van der Waals surface area contributed by atoms with Crippen molar-refractivity contribution in [1.82, 2.24) is 10.6 Å². The third-order valence-electron chi connectivity index (χ3n) is 7.15. The van der Waals surface area contributed by atoms with E-state index in [4.69, 9.17) is 41.3 Å². The summed E-state index contributed by atoms with van der Waals surface area (Å²) in [7, 11) is 1.24. The van der Waals surface area contributed by atoms with Gasteiger partial charge in [-0.25, -0.2) is 14.6 Å². The number of guanidine groups is 1. The summed E-state index contributed by atoms with van der Waals surface area (Å²) in [5.74, 6) is -3.16. The molecule has 17 heteroatoms. The smallest absolute Gasteiger partial charge is 0.370 e. The molecule has 0 aromatic carbocycles. The maximum Gasteiger partial charge on any atom is 0.370 e. The Hall–Kier alpha value is -3.77. The lowest BCUT2D eigenvalue weighted by Crippen LogP contribution is -2.60. The first-order valence-corrected chi connectivity index (χ1v) is 15.0. The van der Waals surface area contributed by atoms with Crippen molar-refractivity contribution in [3.63, 3.8) is 0 Å². The number of rotatable bonds is 14. The molecular weight excluding hydrogens is 608 g/mol. The van der Waals surface area contributed by atoms with Gasteiger partial charge in [-0.1, -0.05) is 13.8 Å². The van der Waals surface area contributed by atoms with E-state index < -0.39 is 60.7 Å². The number of carbonyl (C=O) groups excluding carboxylic acids is 3. The average Bonchev–Trinajstić information content (AvgIpc) is 2.98. The number of aliphatic hydroxyl groups is 2. The molecule has 17 nitrogen and oxygen atoms in total. The number of nitrogens with zero attached hydrogens (tertiary/aromatic N) is 1. The van der Waals surface area contributed by atoms with Crippen LogP contribution < -0.4 is 27.8 Å². The van der Waals surface area contributed by atoms with E-state index in [0.29, 0.717) is 18.6 Å². The van der Waals surface area contributed by atoms with Crippen LogP contribution in [-0.4, -0.2) is 120 Å². The molecule has 0 saturated carbocycles. The van der Waals surface area contributed by atoms with Gasteiger partial charge in [-0.2, -0.15) is 0 Å². The highest BCUT2D eigenvalue weighted by Gasteiger charge is 2.44. The number of aliphatic carboxylic acids is 1. The summed E-state index contributed by atoms with van der Waals surface area (Å²) in [5.41, 5.74) is 17.4. The van der Waals surface area contributed by atoms with E-state index in [1.807, 2.05) is 13.8 Å². The van der Waals surface area contributed by atoms with Gasteiger partial charge >= 0.3 is 11.9 Å². The number of carbonyl (C=O) groups is 4. The maximum absolute atomic E-state index is 12.0. The molecule has 2 rings (SSSR count). The fourth-order valence-corrected chi connectivity index (χ4v) is 5.03. The quantitative estimate of drug-likeness (QED) is 0.0578. The van der Waals surface area contributed by atoms with E-state index in [1.165, 1.54) is 21.0 Å². The minimum Gasteiger partial charge on any atom is -0.478 e. The van der Waals surface area contributed by atoms with Gasteiger partial charge in [0, 0.05) is 32.6 Å². The molecule has 0 saturated heterocycles. The van der Waals surface area contributed by atoms with Crippen LogP contribution in [0.3, 0.4) is 0 Å². The molecule has 262 valence electrons. The Labute approximate surface area is 268 Å². The zero-order chi connectivity index (χ0) is 35.1. The number of methoxy groups -OCH3 is 1. The Kier molecular flexibility index (Phi) is 17.2. The number of nitrogens with one attached hydrogen (secondary N) is 2. The molecular formula is C29H50N6O11. The lowest BCUT2D eigenvalue weighted by molar-refractivity contribution is -0.149. The van der Waals surface area contributed by atoms with Crippen molar-refractivity contribution in [3.8, 4) is 0 Å². The molecule has 0 radical (unpaired) electrons. The highest BCUT2D eigenvalue weighted by molar-refractivity contribution is 5.89. The van der Waals surface area contributed by atoms with Crippen molar-refractivity contribution >= 4 is 29.7 Å². The summed E-state index contributed by atoms with van der Waals surface area (Å²) in [6.07, 6.45) is 0.920. The van der Waals surface area contributed by atoms with Crippen molar-refractivity contribution in [2.24, 2.45) is 22.2 Å². The van der Waals surface area contributed by atoms with Crippen molar-refractivity contribution in [1.29, 1.82) is 0 Å². The van der Waals surface area contributed by atoms with Crippen LogP contribution in [0.4, 0.5) is 0 Å². The minimum atomic E-state index is -1.38. The number of ether oxygens (including phenoxy) is 4. The number of aliphatic hydroxyl groups excluding tert-OH is 2. The number of carboxylic acid groups (broad SMARTS) is 1. The summed E-state index contributed by atoms with van der Waals surface area (Å²) >= 11 is 0. The lowest BCUT2D eigenvalue weighted by Gasteiger charge is -2.39. The molecule has 0 aromatic rings. The van der Waals surface area contributed by atoms with Gasteiger partial charge in [0.1, 0.15) is 12.2 Å². The first kappa shape index (κ1) is 40.3. The van der Waals surface area contributed by atoms with Crippen LogP contribution in [0, 0.1) is 0 Å². The molecule has 1 heterocycles. The zero-order valence-electron chi connectivity index (χ0n) is 27.2. The highest BCUT2D eigenvalue weighted by Crippen LogP contribution is 2.26. The third kappa shape index (κ3) is 12.2. The van der Waals surface area contributed by atoms with Crippen LogP contribution in [0.15, 0.2) is 28.5 Å². The number of hydrogen-bond acceptors (Lipinski definition) is 12. The van der Waals surface area contributed by atoms with Crippen LogP contribution in [0.5, 0.6) is 0 Å². The molecule has 2 amide bonds. The fraction of sp³-hybridized carbons (Fsp3) is 0.690. The van der Waals surface area contributed by atoms with E-state index in [2.05, 4.69) is 15.6 Å². The maximum atomic E-state index is 12.0. The van der Waals surface area contributed by atoms with E-state index in [1.54, 1.807) is 13.0 Å². The predicted molar refractivity (Wildman–Crippen MR) is 166 cm³/mol. The summed E-state index contributed by atoms with van der Waals surface area (Å²) in [6.45, 7) is 8.19. The number of nitrogens with two attached hydrogens (primary N) is 3. The van der Waals surface area contributed by atoms with Gasteiger partial charge in [-0.15, -0.1) is 0 Å². The van der Waals surface area contributed by atoms with E-state index in [9.17, 15) is 29.4 Å². The number of aliphatic imine (C=N–C) groups is 1. The molecule has 8 atom stereocenters. The largest absolute Gasteiger partial charge is 0.478 e. The number of hydrogen-bond donors (Lipinski definition) is 8. The van der Waals surface area contributed by atoms with Crippen molar-refractivity contribution in [3.05, 3.63) is 23.5 Å². The Bertz CT molecular complexity index is 1120. The normalized spacial score (nSPS) is 25.3. The summed E-state index contributed by atoms with van der Waals surface area (Å²) in [6, 6.07) is -2.62. The van der Waals surface area contributed by atoms with Crippen LogP contribution in [-0.2, 0) is 38.1 Å². The lowest BCUT2D eigenvalue weighted by atomic mass is 9.88. The van der Waals surface area contributed by atoms with E-state index in [0.717, 1.165) is 18.9 Å². The monoisotopic (exact) mass is 658 g/mol. The number of carboxylic acids is 1. The van der Waals surface area contributed by atoms with Crippen molar-refractivity contribution < 1.29 is 53.4 Å². The van der Waals surface area contributed by atoms with Crippen LogP contribution in [0.25, 0.3) is 0 Å². The second kappa shape index (κ2) is 19.7. The fourth-order valence-electron chi connectivity index (χ4n) is 5.03. The van der Waals surface area contributed by atoms with E-state index in [-0.39, 0.29) is 36.0 Å². The Balaban J connectivity index is 0.000000462. The zero-order valence-corrected chi connectivity index (χ0v) is 27.2. The molecule has 46 heavy (non-hydrogen) atoms. The molecule has 0 bridgehead atoms. The summed E-state index contributed by atoms with van der Waals surface area (Å²) in [4.78, 5) is 50.0. The molecule has 0 fully saturated rings. The van der Waals surface area contributed by atoms with Crippen molar-refractivity contribution in [2.45, 2.75) is 109 Å². The first-order valence-electron chi connectivity index (χ1n) is 15.0. The molecule has 5 unspecified atom stereocenters. The summed E-state index contributed by atoms with van der Waals surface area (Å²) in [5, 5.41) is 33.6. The Morgan fingerprint density at radius 3 is 2.11 bits per heavy atom. The van der Waals surface area contributed by atoms with Gasteiger partial charge in [0.2, 0.25) is 17.6 Å². The van der Waals surface area contributed by atoms with Crippen LogP contribution in [0.2, 0.25) is 0 Å². The van der Waals surface area contributed by atoms with Crippen molar-refractivity contribution in [2.75, 3.05) is 20.3 Å². The Morgan fingerprint density at radius 2 is 1.65 bits per heavy atom. The van der Waals surface area contributed by atoms with Crippen LogP contribution in [0.1, 0.15) is 53.9 Å². The van der Waals surface area contributed by atoms with Gasteiger partial charge in [-0.05, 0) is 38.3 Å². The van der Waals surface area contributed by atoms with Gasteiger partial charge in [0.05, 0.1) is 43.5 Å². The van der Waals surface area contributed by atoms with Gasteiger partial charge < -0.3 is 62.1 Å². The molecule has 1 aliphatic carbocycles. The van der Waals surface area contributed by atoms with Gasteiger partial charge in [0.25, 0.3) is 0 Å². The SMILES string of the molecule is CCOC(=O)C1=C[C@@H](OC(CC)CC)[C@H](NC(C)=O)[C@@H](N)C1.COC(C(O)CO)C1OC(C(=O)O)=CC(N=C(N)N)C1NC(C)=O. The molecule has 0 aromatic heterocycles. The summed E-state index contributed by atoms with van der Waals surface area (Å²) < 4.78 is 21.6. The topological polar surface area (TPSA) is 280 Å². The molecule has 0 spiro atoms. The minimum absolute atomic E-state index is 0.0613. The second-order valence-corrected chi connectivity index (χ2v) is 10.7. The predicted octanol–water partition coefficient (Wildman–Crippen LogP) is -1.85. The second-order valence-electron chi connectivity index (χ2n) is 10.7. The Morgan fingerprint density at radius 1 is 1.07 bits per heavy atom. The number of amides is 2.